The van der Waals surface area contributed by atoms with Gasteiger partial charge in [-0.05, 0) is 0 Å². The molecule has 1 amide bonds. The number of hydrogen-bond donors (Lipinski definition) is 1. The highest BCUT2D eigenvalue weighted by molar-refractivity contribution is 5.84. The number of carbonyl (C=O) groups excluding carboxylic acids is 3. The highest BCUT2D eigenvalue weighted by Crippen LogP contribution is 2.30. The number of fused-ring (bicyclic) bond motifs is 1. The lowest BCUT2D eigenvalue weighted by Gasteiger charge is -2.16. The van der Waals surface area contributed by atoms with E-state index >= 15 is 0 Å². The summed E-state index contributed by atoms with van der Waals surface area (Å²) in [5.41, 5.74) is 0. The largest absolute Gasteiger partial charge is 0.456 e. The van der Waals surface area contributed by atoms with Crippen molar-refractivity contribution in [2.24, 2.45) is 0 Å². The summed E-state index contributed by atoms with van der Waals surface area (Å²) < 4.78 is 20.2. The molecule has 0 aromatic heterocycles. The van der Waals surface area contributed by atoms with E-state index in [1.165, 1.54) is 0 Å². The molecule has 2 heterocycles. The molecule has 0 aromatic carbocycles. The Morgan fingerprint density at radius 2 is 1.83 bits per heavy atom. The van der Waals surface area contributed by atoms with E-state index in [0.717, 1.165) is 6.92 Å². The lowest BCUT2D eigenvalue weighted by molar-refractivity contribution is -0.769. The van der Waals surface area contributed by atoms with Gasteiger partial charge in [-0.3, -0.25) is 14.4 Å². The van der Waals surface area contributed by atoms with Crippen LogP contribution in [-0.2, 0) is 38.2 Å². The van der Waals surface area contributed by atoms with Gasteiger partial charge in [-0.2, -0.15) is 0 Å². The summed E-state index contributed by atoms with van der Waals surface area (Å²) in [6.07, 6.45) is -3.01. The van der Waals surface area contributed by atoms with Crippen LogP contribution in [0.15, 0.2) is 0 Å². The maximum absolute atomic E-state index is 11.7. The summed E-state index contributed by atoms with van der Waals surface area (Å²) in [6.45, 7) is 0.171. The summed E-state index contributed by atoms with van der Waals surface area (Å²) in [4.78, 5) is 48.3. The van der Waals surface area contributed by atoms with Crippen LogP contribution in [-0.4, -0.2) is 73.7 Å². The first-order chi connectivity index (χ1) is 11.4. The first-order valence-corrected chi connectivity index (χ1v) is 7.00. The normalized spacial score (nSPS) is 27.9. The first-order valence-electron chi connectivity index (χ1n) is 7.00. The van der Waals surface area contributed by atoms with Gasteiger partial charge in [0.05, 0.1) is 13.2 Å². The molecule has 0 unspecified atom stereocenters. The maximum Gasteiger partial charge on any atom is 0.325 e. The van der Waals surface area contributed by atoms with E-state index < -0.39 is 60.5 Å². The molecular weight excluding hydrogens is 332 g/mol. The second-order valence-corrected chi connectivity index (χ2v) is 5.05. The van der Waals surface area contributed by atoms with Gasteiger partial charge in [-0.1, -0.05) is 0 Å². The second kappa shape index (κ2) is 7.88. The second-order valence-electron chi connectivity index (χ2n) is 5.05. The summed E-state index contributed by atoms with van der Waals surface area (Å²) in [5, 5.41) is 11.7. The molecule has 134 valence electrons. The molecule has 0 saturated carbocycles. The fourth-order valence-electron chi connectivity index (χ4n) is 2.33. The third-order valence-corrected chi connectivity index (χ3v) is 3.30. The summed E-state index contributed by atoms with van der Waals surface area (Å²) in [6, 6.07) is 0. The van der Waals surface area contributed by atoms with Gasteiger partial charge < -0.3 is 29.1 Å². The van der Waals surface area contributed by atoms with Gasteiger partial charge in [0.1, 0.15) is 18.8 Å². The van der Waals surface area contributed by atoms with Gasteiger partial charge in [-0.25, -0.2) is 0 Å². The van der Waals surface area contributed by atoms with Crippen molar-refractivity contribution in [2.75, 3.05) is 26.4 Å². The smallest absolute Gasteiger partial charge is 0.325 e. The van der Waals surface area contributed by atoms with Crippen LogP contribution >= 0.6 is 0 Å². The summed E-state index contributed by atoms with van der Waals surface area (Å²) in [7, 11) is 0. The number of amides is 1. The van der Waals surface area contributed by atoms with E-state index in [1.54, 1.807) is 0 Å². The molecule has 0 aromatic rings. The van der Waals surface area contributed by atoms with Crippen LogP contribution in [0.3, 0.4) is 0 Å². The molecule has 1 N–H and O–H groups in total. The first kappa shape index (κ1) is 17.9. The van der Waals surface area contributed by atoms with Crippen LogP contribution in [0.25, 0.3) is 0 Å². The highest BCUT2D eigenvalue weighted by atomic mass is 17.0. The third kappa shape index (κ3) is 4.76. The standard InChI is InChI=1S/C12H16N2O10/c1-6(15)20-5-9(16)13-2-10(17)23-7-3-21-12-8(24-14(18)19)4-22-11(7)12/h7-8,11-12H,2-5H2,1H3,(H,13,16)/t7-,8+,11-,12-/m1/s1. The SMILES string of the molecule is CC(=O)OCC(=O)NCC(=O)O[C@@H]1CO[C@H]2[C@@H]1OC[C@@H]2O[N+](=O)[O-]. The molecule has 0 spiro atoms. The van der Waals surface area contributed by atoms with Crippen molar-refractivity contribution in [3.8, 4) is 0 Å². The number of esters is 2. The van der Waals surface area contributed by atoms with Crippen molar-refractivity contribution in [1.82, 2.24) is 5.32 Å². The average molecular weight is 348 g/mol. The van der Waals surface area contributed by atoms with E-state index in [0.29, 0.717) is 0 Å². The van der Waals surface area contributed by atoms with E-state index in [2.05, 4.69) is 14.9 Å². The molecule has 12 heteroatoms. The van der Waals surface area contributed by atoms with Crippen LogP contribution in [0.1, 0.15) is 6.92 Å². The average Bonchev–Trinajstić information content (AvgIpc) is 3.07. The number of ether oxygens (including phenoxy) is 4. The lowest BCUT2D eigenvalue weighted by Crippen LogP contribution is -2.39. The zero-order chi connectivity index (χ0) is 17.7. The van der Waals surface area contributed by atoms with Gasteiger partial charge in [-0.15, -0.1) is 10.1 Å². The zero-order valence-corrected chi connectivity index (χ0v) is 12.7. The summed E-state index contributed by atoms with van der Waals surface area (Å²) in [5.74, 6) is -2.02. The molecule has 2 aliphatic rings. The highest BCUT2D eigenvalue weighted by Gasteiger charge is 2.51. The van der Waals surface area contributed by atoms with E-state index in [-0.39, 0.29) is 13.2 Å². The van der Waals surface area contributed by atoms with Crippen LogP contribution in [0, 0.1) is 10.1 Å². The quantitative estimate of drug-likeness (QED) is 0.309. The molecule has 2 aliphatic heterocycles. The molecular formula is C12H16N2O10. The van der Waals surface area contributed by atoms with Crippen molar-refractivity contribution < 1.29 is 43.3 Å². The van der Waals surface area contributed by atoms with Crippen LogP contribution in [0.5, 0.6) is 0 Å². The maximum atomic E-state index is 11.7. The third-order valence-electron chi connectivity index (χ3n) is 3.30. The van der Waals surface area contributed by atoms with Gasteiger partial charge >= 0.3 is 11.9 Å². The molecule has 2 saturated heterocycles. The molecule has 0 radical (unpaired) electrons. The molecule has 0 aliphatic carbocycles. The van der Waals surface area contributed by atoms with Crippen molar-refractivity contribution in [3.05, 3.63) is 10.1 Å². The Morgan fingerprint density at radius 1 is 1.21 bits per heavy atom. The lowest BCUT2D eigenvalue weighted by atomic mass is 10.1. The molecule has 0 bridgehead atoms. The number of nitrogens with one attached hydrogen (secondary N) is 1. The number of carbonyl (C=O) groups is 3. The van der Waals surface area contributed by atoms with Crippen LogP contribution in [0.4, 0.5) is 0 Å². The molecule has 4 atom stereocenters. The fraction of sp³-hybridized carbons (Fsp3) is 0.750. The Labute approximate surface area is 135 Å². The molecule has 2 fully saturated rings. The van der Waals surface area contributed by atoms with E-state index in [9.17, 15) is 24.5 Å². The molecule has 2 rings (SSSR count). The minimum atomic E-state index is -0.933. The summed E-state index contributed by atoms with van der Waals surface area (Å²) >= 11 is 0. The fourth-order valence-corrected chi connectivity index (χ4v) is 2.33. The number of hydrogen-bond acceptors (Lipinski definition) is 10. The van der Waals surface area contributed by atoms with Gasteiger partial charge in [0, 0.05) is 6.92 Å². The van der Waals surface area contributed by atoms with E-state index in [1.807, 2.05) is 0 Å². The number of nitrogens with zero attached hydrogens (tertiary/aromatic N) is 1. The van der Waals surface area contributed by atoms with Crippen molar-refractivity contribution >= 4 is 17.8 Å². The monoisotopic (exact) mass is 348 g/mol. The van der Waals surface area contributed by atoms with Crippen LogP contribution in [0.2, 0.25) is 0 Å². The van der Waals surface area contributed by atoms with Gasteiger partial charge in [0.15, 0.2) is 18.8 Å². The Kier molecular flexibility index (Phi) is 5.87. The minimum absolute atomic E-state index is 0.0000414. The van der Waals surface area contributed by atoms with Crippen molar-refractivity contribution in [2.45, 2.75) is 31.3 Å². The Hall–Kier alpha value is -2.47. The zero-order valence-electron chi connectivity index (χ0n) is 12.7. The van der Waals surface area contributed by atoms with E-state index in [4.69, 9.17) is 14.2 Å². The van der Waals surface area contributed by atoms with Crippen molar-refractivity contribution in [3.63, 3.8) is 0 Å². The van der Waals surface area contributed by atoms with Gasteiger partial charge in [0.2, 0.25) is 0 Å². The topological polar surface area (TPSA) is 153 Å². The Bertz CT molecular complexity index is 524. The van der Waals surface area contributed by atoms with Crippen molar-refractivity contribution in [1.29, 1.82) is 0 Å². The number of rotatable bonds is 7. The predicted molar refractivity (Wildman–Crippen MR) is 70.9 cm³/mol. The van der Waals surface area contributed by atoms with Crippen LogP contribution < -0.4 is 5.32 Å². The minimum Gasteiger partial charge on any atom is -0.456 e. The molecule has 24 heavy (non-hydrogen) atoms. The predicted octanol–water partition coefficient (Wildman–Crippen LogP) is -2.05. The Balaban J connectivity index is 1.72. The van der Waals surface area contributed by atoms with Gasteiger partial charge in [0.25, 0.3) is 11.0 Å². The molecule has 12 nitrogen and oxygen atoms in total. The Morgan fingerprint density at radius 3 is 2.46 bits per heavy atom.